The molecule has 26 heavy (non-hydrogen) atoms. The number of allylic oxidation sites excluding steroid dienone is 4. The van der Waals surface area contributed by atoms with Crippen LogP contribution in [0.1, 0.15) is 52.4 Å². The molecule has 0 fully saturated rings. The van der Waals surface area contributed by atoms with Crippen molar-refractivity contribution in [1.82, 2.24) is 0 Å². The quantitative estimate of drug-likeness (QED) is 0.246. The van der Waals surface area contributed by atoms with Crippen LogP contribution < -0.4 is 0 Å². The summed E-state index contributed by atoms with van der Waals surface area (Å²) in [5.41, 5.74) is 0. The Morgan fingerprint density at radius 2 is 1.38 bits per heavy atom. The first-order valence-corrected chi connectivity index (χ1v) is 9.73. The van der Waals surface area contributed by atoms with Gasteiger partial charge in [0.25, 0.3) is 0 Å². The van der Waals surface area contributed by atoms with Crippen molar-refractivity contribution in [3.05, 3.63) is 24.3 Å². The average Bonchev–Trinajstić information content (AvgIpc) is 2.55. The lowest BCUT2D eigenvalue weighted by atomic mass is 10.1. The van der Waals surface area contributed by atoms with E-state index in [9.17, 15) is 25.2 Å². The van der Waals surface area contributed by atoms with Crippen molar-refractivity contribution in [3.63, 3.8) is 0 Å². The fourth-order valence-corrected chi connectivity index (χ4v) is 3.19. The molecule has 2 atom stereocenters. The lowest BCUT2D eigenvalue weighted by Gasteiger charge is -2.39. The summed E-state index contributed by atoms with van der Waals surface area (Å²) in [6.45, 7) is 4.32. The number of carboxylic acids is 1. The van der Waals surface area contributed by atoms with Gasteiger partial charge in [-0.05, 0) is 38.5 Å². The maximum atomic E-state index is 11.4. The first-order valence-electron chi connectivity index (χ1n) is 9.73. The maximum Gasteiger partial charge on any atom is 0.359 e. The van der Waals surface area contributed by atoms with Gasteiger partial charge in [0.05, 0.1) is 6.61 Å². The van der Waals surface area contributed by atoms with Crippen LogP contribution in [0.2, 0.25) is 0 Å². The first kappa shape index (κ1) is 24.8. The third-order valence-corrected chi connectivity index (χ3v) is 4.38. The van der Waals surface area contributed by atoms with E-state index in [4.69, 9.17) is 0 Å². The van der Waals surface area contributed by atoms with Gasteiger partial charge in [-0.3, -0.25) is 0 Å². The van der Waals surface area contributed by atoms with Gasteiger partial charge in [0.15, 0.2) is 6.54 Å². The highest BCUT2D eigenvalue weighted by molar-refractivity contribution is 5.67. The van der Waals surface area contributed by atoms with E-state index in [1.54, 1.807) is 0 Å². The molecule has 0 amide bonds. The molecule has 0 saturated heterocycles. The van der Waals surface area contributed by atoms with Crippen LogP contribution in [-0.4, -0.2) is 75.9 Å². The molecule has 0 aliphatic carbocycles. The standard InChI is InChI=1S/C20H37NO5/c1-3-5-7-9-11-18(23)15-21(13-14-22,17-20(25)26)16-19(24)12-10-8-6-4-2/h5-8,18-19,22-24H,3-4,9-17H2,1-2H3/p+1/b7-5+,8-6+. The van der Waals surface area contributed by atoms with Crippen LogP contribution in [0.25, 0.3) is 0 Å². The van der Waals surface area contributed by atoms with E-state index in [1.165, 1.54) is 0 Å². The Labute approximate surface area is 158 Å². The highest BCUT2D eigenvalue weighted by Crippen LogP contribution is 2.15. The van der Waals surface area contributed by atoms with Gasteiger partial charge in [-0.25, -0.2) is 4.79 Å². The number of hydrogen-bond donors (Lipinski definition) is 4. The average molecular weight is 373 g/mol. The summed E-state index contributed by atoms with van der Waals surface area (Å²) in [7, 11) is 0. The van der Waals surface area contributed by atoms with Gasteiger partial charge in [-0.15, -0.1) is 0 Å². The van der Waals surface area contributed by atoms with Gasteiger partial charge in [0.1, 0.15) is 31.8 Å². The molecule has 0 spiro atoms. The van der Waals surface area contributed by atoms with Gasteiger partial charge in [-0.1, -0.05) is 38.2 Å². The third-order valence-electron chi connectivity index (χ3n) is 4.38. The van der Waals surface area contributed by atoms with E-state index < -0.39 is 18.2 Å². The van der Waals surface area contributed by atoms with Crippen LogP contribution >= 0.6 is 0 Å². The predicted molar refractivity (Wildman–Crippen MR) is 104 cm³/mol. The monoisotopic (exact) mass is 372 g/mol. The molecule has 2 unspecified atom stereocenters. The van der Waals surface area contributed by atoms with Crippen molar-refractivity contribution in [3.8, 4) is 0 Å². The second-order valence-corrected chi connectivity index (χ2v) is 6.93. The summed E-state index contributed by atoms with van der Waals surface area (Å²) in [6, 6.07) is 0. The molecular weight excluding hydrogens is 334 g/mol. The van der Waals surface area contributed by atoms with E-state index >= 15 is 0 Å². The Balaban J connectivity index is 4.93. The zero-order valence-electron chi connectivity index (χ0n) is 16.4. The van der Waals surface area contributed by atoms with Crippen LogP contribution in [0.3, 0.4) is 0 Å². The number of aliphatic hydroxyl groups excluding tert-OH is 3. The molecule has 0 aliphatic heterocycles. The van der Waals surface area contributed by atoms with Crippen LogP contribution in [0, 0.1) is 0 Å². The Kier molecular flexibility index (Phi) is 14.2. The zero-order chi connectivity index (χ0) is 19.8. The second-order valence-electron chi connectivity index (χ2n) is 6.93. The molecule has 0 rings (SSSR count). The van der Waals surface area contributed by atoms with Crippen molar-refractivity contribution in [2.45, 2.75) is 64.6 Å². The predicted octanol–water partition coefficient (Wildman–Crippen LogP) is 2.09. The largest absolute Gasteiger partial charge is 0.477 e. The van der Waals surface area contributed by atoms with E-state index in [-0.39, 0.29) is 37.3 Å². The van der Waals surface area contributed by atoms with Crippen molar-refractivity contribution in [2.24, 2.45) is 0 Å². The summed E-state index contributed by atoms with van der Waals surface area (Å²) in [6.07, 6.45) is 11.2. The summed E-state index contributed by atoms with van der Waals surface area (Å²) in [5.74, 6) is -0.991. The molecule has 0 heterocycles. The number of carboxylic acid groups (broad SMARTS) is 1. The van der Waals surface area contributed by atoms with Crippen molar-refractivity contribution < 1.29 is 29.7 Å². The minimum absolute atomic E-state index is 0.0108. The van der Waals surface area contributed by atoms with Gasteiger partial charge < -0.3 is 24.9 Å². The molecule has 0 aromatic rings. The number of aliphatic carboxylic acids is 1. The molecule has 0 aromatic carbocycles. The molecule has 0 saturated carbocycles. The summed E-state index contributed by atoms with van der Waals surface area (Å²) in [4.78, 5) is 11.4. The molecule has 0 aliphatic rings. The lowest BCUT2D eigenvalue weighted by molar-refractivity contribution is -0.927. The number of rotatable bonds is 16. The summed E-state index contributed by atoms with van der Waals surface area (Å²) in [5, 5.41) is 39.5. The number of quaternary nitrogens is 1. The van der Waals surface area contributed by atoms with Gasteiger partial charge in [-0.2, -0.15) is 0 Å². The lowest BCUT2D eigenvalue weighted by Crippen LogP contribution is -2.59. The number of aliphatic hydroxyl groups is 3. The van der Waals surface area contributed by atoms with Crippen molar-refractivity contribution >= 4 is 5.97 Å². The van der Waals surface area contributed by atoms with Gasteiger partial charge >= 0.3 is 5.97 Å². The zero-order valence-corrected chi connectivity index (χ0v) is 16.4. The molecular formula is C20H38NO5+. The highest BCUT2D eigenvalue weighted by Gasteiger charge is 2.34. The Morgan fingerprint density at radius 1 is 0.923 bits per heavy atom. The fourth-order valence-electron chi connectivity index (χ4n) is 3.19. The molecule has 4 N–H and O–H groups in total. The SMILES string of the molecule is CC/C=C/CCC(O)C[N+](CCO)(CC(=O)O)CC(O)CC/C=C/CC. The molecule has 0 radical (unpaired) electrons. The van der Waals surface area contributed by atoms with Crippen LogP contribution in [0.4, 0.5) is 0 Å². The summed E-state index contributed by atoms with van der Waals surface area (Å²) >= 11 is 0. The van der Waals surface area contributed by atoms with Gasteiger partial charge in [0, 0.05) is 0 Å². The summed E-state index contributed by atoms with van der Waals surface area (Å²) < 4.78 is -0.0108. The highest BCUT2D eigenvalue weighted by atomic mass is 16.4. The number of carbonyl (C=O) groups is 1. The van der Waals surface area contributed by atoms with Crippen LogP contribution in [-0.2, 0) is 4.79 Å². The fraction of sp³-hybridized carbons (Fsp3) is 0.750. The Bertz CT molecular complexity index is 396. The smallest absolute Gasteiger partial charge is 0.359 e. The van der Waals surface area contributed by atoms with Crippen LogP contribution in [0.5, 0.6) is 0 Å². The maximum absolute atomic E-state index is 11.4. The van der Waals surface area contributed by atoms with Crippen LogP contribution in [0.15, 0.2) is 24.3 Å². The van der Waals surface area contributed by atoms with Crippen molar-refractivity contribution in [1.29, 1.82) is 0 Å². The van der Waals surface area contributed by atoms with Crippen molar-refractivity contribution in [2.75, 3.05) is 32.8 Å². The first-order chi connectivity index (χ1) is 12.4. The number of nitrogens with zero attached hydrogens (tertiary/aromatic N) is 1. The van der Waals surface area contributed by atoms with E-state index in [1.807, 2.05) is 38.2 Å². The second kappa shape index (κ2) is 14.9. The Morgan fingerprint density at radius 3 is 1.73 bits per heavy atom. The van der Waals surface area contributed by atoms with E-state index in [2.05, 4.69) is 0 Å². The third kappa shape index (κ3) is 12.2. The molecule has 6 heteroatoms. The normalized spacial score (nSPS) is 16.8. The van der Waals surface area contributed by atoms with E-state index in [0.717, 1.165) is 25.7 Å². The molecule has 0 bridgehead atoms. The molecule has 152 valence electrons. The minimum Gasteiger partial charge on any atom is -0.477 e. The minimum atomic E-state index is -0.991. The van der Waals surface area contributed by atoms with E-state index in [0.29, 0.717) is 12.8 Å². The molecule has 6 nitrogen and oxygen atoms in total. The topological polar surface area (TPSA) is 98.0 Å². The number of hydrogen-bond acceptors (Lipinski definition) is 4. The van der Waals surface area contributed by atoms with Gasteiger partial charge in [0.2, 0.25) is 0 Å². The molecule has 0 aromatic heterocycles. The Hall–Kier alpha value is -1.21.